The van der Waals surface area contributed by atoms with Gasteiger partial charge >= 0.3 is 5.97 Å². The molecule has 1 aromatic carbocycles. The predicted octanol–water partition coefficient (Wildman–Crippen LogP) is 2.27. The van der Waals surface area contributed by atoms with E-state index in [4.69, 9.17) is 9.84 Å². The molecule has 0 aromatic heterocycles. The van der Waals surface area contributed by atoms with Gasteiger partial charge in [-0.1, -0.05) is 0 Å². The fourth-order valence-corrected chi connectivity index (χ4v) is 2.20. The molecule has 108 valence electrons. The molecule has 1 fully saturated rings. The van der Waals surface area contributed by atoms with Crippen molar-refractivity contribution in [1.82, 2.24) is 0 Å². The van der Waals surface area contributed by atoms with Gasteiger partial charge in [-0.3, -0.25) is 9.59 Å². The van der Waals surface area contributed by atoms with Gasteiger partial charge in [-0.15, -0.1) is 0 Å². The van der Waals surface area contributed by atoms with Crippen molar-refractivity contribution < 1.29 is 23.8 Å². The SMILES string of the molecule is CCOc1ccc(NC(=O)C2CCC2C(=O)O)cc1F. The van der Waals surface area contributed by atoms with Crippen LogP contribution in [0.4, 0.5) is 10.1 Å². The van der Waals surface area contributed by atoms with E-state index in [1.54, 1.807) is 6.92 Å². The van der Waals surface area contributed by atoms with Crippen molar-refractivity contribution in [2.75, 3.05) is 11.9 Å². The van der Waals surface area contributed by atoms with Gasteiger partial charge < -0.3 is 15.2 Å². The predicted molar refractivity (Wildman–Crippen MR) is 70.0 cm³/mol. The molecule has 0 radical (unpaired) electrons. The number of carboxylic acid groups (broad SMARTS) is 1. The fourth-order valence-electron chi connectivity index (χ4n) is 2.20. The van der Waals surface area contributed by atoms with Gasteiger partial charge in [-0.05, 0) is 31.9 Å². The zero-order valence-corrected chi connectivity index (χ0v) is 11.1. The Balaban J connectivity index is 2.01. The first kappa shape index (κ1) is 14.3. The zero-order chi connectivity index (χ0) is 14.7. The van der Waals surface area contributed by atoms with Crippen molar-refractivity contribution in [3.05, 3.63) is 24.0 Å². The van der Waals surface area contributed by atoms with Crippen molar-refractivity contribution in [3.8, 4) is 5.75 Å². The molecule has 0 bridgehead atoms. The first-order valence-corrected chi connectivity index (χ1v) is 6.49. The molecule has 0 saturated heterocycles. The maximum absolute atomic E-state index is 13.6. The normalized spacial score (nSPS) is 20.9. The Morgan fingerprint density at radius 2 is 2.10 bits per heavy atom. The lowest BCUT2D eigenvalue weighted by atomic mass is 9.73. The van der Waals surface area contributed by atoms with E-state index >= 15 is 0 Å². The minimum Gasteiger partial charge on any atom is -0.491 e. The molecule has 1 amide bonds. The summed E-state index contributed by atoms with van der Waals surface area (Å²) in [6.07, 6.45) is 1.05. The van der Waals surface area contributed by atoms with Crippen molar-refractivity contribution in [2.45, 2.75) is 19.8 Å². The number of benzene rings is 1. The van der Waals surface area contributed by atoms with Crippen LogP contribution in [0.3, 0.4) is 0 Å². The second-order valence-electron chi connectivity index (χ2n) is 4.70. The summed E-state index contributed by atoms with van der Waals surface area (Å²) in [6, 6.07) is 4.13. The van der Waals surface area contributed by atoms with Crippen LogP contribution in [0.1, 0.15) is 19.8 Å². The van der Waals surface area contributed by atoms with Crippen LogP contribution in [0.5, 0.6) is 5.75 Å². The lowest BCUT2D eigenvalue weighted by Gasteiger charge is -2.31. The molecule has 1 aromatic rings. The number of halogens is 1. The second-order valence-corrected chi connectivity index (χ2v) is 4.70. The molecule has 0 aliphatic heterocycles. The van der Waals surface area contributed by atoms with Crippen LogP contribution in [-0.4, -0.2) is 23.6 Å². The number of rotatable bonds is 5. The second kappa shape index (κ2) is 5.90. The van der Waals surface area contributed by atoms with Gasteiger partial charge in [0, 0.05) is 11.8 Å². The molecule has 2 rings (SSSR count). The monoisotopic (exact) mass is 281 g/mol. The third-order valence-electron chi connectivity index (χ3n) is 3.43. The highest BCUT2D eigenvalue weighted by molar-refractivity contribution is 5.96. The quantitative estimate of drug-likeness (QED) is 0.868. The molecule has 1 aliphatic carbocycles. The Morgan fingerprint density at radius 3 is 2.60 bits per heavy atom. The zero-order valence-electron chi connectivity index (χ0n) is 11.1. The molecule has 1 saturated carbocycles. The number of carbonyl (C=O) groups excluding carboxylic acids is 1. The fraction of sp³-hybridized carbons (Fsp3) is 0.429. The van der Waals surface area contributed by atoms with Gasteiger partial charge in [0.05, 0.1) is 18.4 Å². The number of amides is 1. The highest BCUT2D eigenvalue weighted by Crippen LogP contribution is 2.35. The first-order valence-electron chi connectivity index (χ1n) is 6.49. The number of hydrogen-bond donors (Lipinski definition) is 2. The number of hydrogen-bond acceptors (Lipinski definition) is 3. The minimum absolute atomic E-state index is 0.123. The lowest BCUT2D eigenvalue weighted by molar-refractivity contribution is -0.151. The van der Waals surface area contributed by atoms with Crippen molar-refractivity contribution in [1.29, 1.82) is 0 Å². The average Bonchev–Trinajstić information content (AvgIpc) is 2.30. The molecule has 2 atom stereocenters. The van der Waals surface area contributed by atoms with Gasteiger partial charge in [0.25, 0.3) is 0 Å². The van der Waals surface area contributed by atoms with Crippen molar-refractivity contribution in [2.24, 2.45) is 11.8 Å². The number of carbonyl (C=O) groups is 2. The summed E-state index contributed by atoms with van der Waals surface area (Å²) in [5.74, 6) is -2.96. The molecule has 6 heteroatoms. The van der Waals surface area contributed by atoms with Crippen LogP contribution in [0.2, 0.25) is 0 Å². The summed E-state index contributed by atoms with van der Waals surface area (Å²) < 4.78 is 18.7. The van der Waals surface area contributed by atoms with Crippen LogP contribution in [-0.2, 0) is 9.59 Å². The highest BCUT2D eigenvalue weighted by atomic mass is 19.1. The van der Waals surface area contributed by atoms with E-state index < -0.39 is 23.6 Å². The minimum atomic E-state index is -0.964. The number of anilines is 1. The molecule has 2 N–H and O–H groups in total. The largest absolute Gasteiger partial charge is 0.491 e. The number of aliphatic carboxylic acids is 1. The third kappa shape index (κ3) is 2.89. The van der Waals surface area contributed by atoms with E-state index in [2.05, 4.69) is 5.32 Å². The Bertz CT molecular complexity index is 532. The van der Waals surface area contributed by atoms with E-state index in [0.29, 0.717) is 25.1 Å². The van der Waals surface area contributed by atoms with Gasteiger partial charge in [0.15, 0.2) is 11.6 Å². The molecule has 0 spiro atoms. The molecular weight excluding hydrogens is 265 g/mol. The molecule has 5 nitrogen and oxygen atoms in total. The number of carboxylic acids is 1. The average molecular weight is 281 g/mol. The molecule has 2 unspecified atom stereocenters. The van der Waals surface area contributed by atoms with Gasteiger partial charge in [0.2, 0.25) is 5.91 Å². The van der Waals surface area contributed by atoms with E-state index in [9.17, 15) is 14.0 Å². The summed E-state index contributed by atoms with van der Waals surface area (Å²) in [4.78, 5) is 22.8. The van der Waals surface area contributed by atoms with Crippen molar-refractivity contribution in [3.63, 3.8) is 0 Å². The third-order valence-corrected chi connectivity index (χ3v) is 3.43. The summed E-state index contributed by atoms with van der Waals surface area (Å²) >= 11 is 0. The van der Waals surface area contributed by atoms with Crippen LogP contribution in [0.15, 0.2) is 18.2 Å². The smallest absolute Gasteiger partial charge is 0.307 e. The molecule has 0 heterocycles. The van der Waals surface area contributed by atoms with Gasteiger partial charge in [-0.25, -0.2) is 4.39 Å². The number of ether oxygens (including phenoxy) is 1. The van der Waals surface area contributed by atoms with E-state index in [1.165, 1.54) is 12.1 Å². The van der Waals surface area contributed by atoms with Crippen LogP contribution in [0, 0.1) is 17.7 Å². The Kier molecular flexibility index (Phi) is 4.22. The maximum atomic E-state index is 13.6. The summed E-state index contributed by atoms with van der Waals surface area (Å²) in [7, 11) is 0. The Labute approximate surface area is 115 Å². The number of nitrogens with one attached hydrogen (secondary N) is 1. The molecule has 20 heavy (non-hydrogen) atoms. The first-order chi connectivity index (χ1) is 9.52. The Morgan fingerprint density at radius 1 is 1.40 bits per heavy atom. The van der Waals surface area contributed by atoms with E-state index in [1.807, 2.05) is 0 Å². The van der Waals surface area contributed by atoms with E-state index in [-0.39, 0.29) is 11.7 Å². The maximum Gasteiger partial charge on any atom is 0.307 e. The summed E-state index contributed by atoms with van der Waals surface area (Å²) in [5, 5.41) is 11.4. The highest BCUT2D eigenvalue weighted by Gasteiger charge is 2.41. The van der Waals surface area contributed by atoms with Gasteiger partial charge in [0.1, 0.15) is 0 Å². The van der Waals surface area contributed by atoms with Gasteiger partial charge in [-0.2, -0.15) is 0 Å². The summed E-state index contributed by atoms with van der Waals surface area (Å²) in [5.41, 5.74) is 0.298. The van der Waals surface area contributed by atoms with Crippen LogP contribution < -0.4 is 10.1 Å². The molecular formula is C14H16FNO4. The van der Waals surface area contributed by atoms with Crippen LogP contribution in [0.25, 0.3) is 0 Å². The van der Waals surface area contributed by atoms with E-state index in [0.717, 1.165) is 6.07 Å². The topological polar surface area (TPSA) is 75.6 Å². The summed E-state index contributed by atoms with van der Waals surface area (Å²) in [6.45, 7) is 2.10. The molecule has 1 aliphatic rings. The standard InChI is InChI=1S/C14H16FNO4/c1-2-20-12-6-3-8(7-11(12)15)16-13(17)9-4-5-10(9)14(18)19/h3,6-7,9-10H,2,4-5H2,1H3,(H,16,17)(H,18,19). The lowest BCUT2D eigenvalue weighted by Crippen LogP contribution is -2.41. The Hall–Kier alpha value is -2.11. The van der Waals surface area contributed by atoms with Crippen LogP contribution >= 0.6 is 0 Å². The van der Waals surface area contributed by atoms with Crippen molar-refractivity contribution >= 4 is 17.6 Å².